The van der Waals surface area contributed by atoms with E-state index < -0.39 is 0 Å². The second kappa shape index (κ2) is 8.99. The van der Waals surface area contributed by atoms with Crippen LogP contribution in [0.1, 0.15) is 62.7 Å². The number of nitrogens with zero attached hydrogens (tertiary/aromatic N) is 5. The van der Waals surface area contributed by atoms with Crippen LogP contribution >= 0.6 is 0 Å². The van der Waals surface area contributed by atoms with Gasteiger partial charge in [-0.15, -0.1) is 10.2 Å². The van der Waals surface area contributed by atoms with Gasteiger partial charge in [0.25, 0.3) is 0 Å². The lowest BCUT2D eigenvalue weighted by molar-refractivity contribution is -0.140. The minimum atomic E-state index is 0.248. The van der Waals surface area contributed by atoms with Crippen molar-refractivity contribution < 1.29 is 5.11 Å². The number of piperidine rings is 1. The van der Waals surface area contributed by atoms with Gasteiger partial charge in [0.2, 0.25) is 0 Å². The monoisotopic (exact) mass is 553 g/mol. The highest BCUT2D eigenvalue weighted by Gasteiger charge is 2.56. The second-order valence-corrected chi connectivity index (χ2v) is 14.6. The van der Waals surface area contributed by atoms with E-state index in [4.69, 9.17) is 0 Å². The number of benzene rings is 1. The molecule has 2 spiro atoms. The maximum absolute atomic E-state index is 10.4. The number of likely N-dealkylation sites (tertiary alicyclic amines) is 2. The van der Waals surface area contributed by atoms with E-state index in [0.717, 1.165) is 47.3 Å². The number of para-hydroxylation sites is 1. The summed E-state index contributed by atoms with van der Waals surface area (Å²) in [6, 6.07) is 12.3. The van der Waals surface area contributed by atoms with Crippen LogP contribution in [-0.2, 0) is 6.42 Å². The van der Waals surface area contributed by atoms with Gasteiger partial charge in [0, 0.05) is 80.0 Å². The van der Waals surface area contributed by atoms with Crippen molar-refractivity contribution in [3.8, 4) is 17.0 Å². The molecule has 6 heterocycles. The number of nitrogens with one attached hydrogen (secondary N) is 2. The Morgan fingerprint density at radius 2 is 1.63 bits per heavy atom. The second-order valence-electron chi connectivity index (χ2n) is 14.6. The SMILES string of the molecule is C[C@@H]1c2c([nH]c3nnc(-c4ccccc4O)cc23)CCN1C1CC2(C1)CN(C1CCN(C3CC4(CNC4)C3)CC1)C2. The van der Waals surface area contributed by atoms with E-state index in [1.165, 1.54) is 89.1 Å². The van der Waals surface area contributed by atoms with Gasteiger partial charge in [-0.1, -0.05) is 12.1 Å². The summed E-state index contributed by atoms with van der Waals surface area (Å²) >= 11 is 0. The molecular formula is C33H43N7O. The van der Waals surface area contributed by atoms with E-state index in [1.54, 1.807) is 6.07 Å². The van der Waals surface area contributed by atoms with E-state index in [1.807, 2.05) is 18.2 Å². The summed E-state index contributed by atoms with van der Waals surface area (Å²) in [5.74, 6) is 0.248. The Labute approximate surface area is 242 Å². The van der Waals surface area contributed by atoms with Crippen molar-refractivity contribution in [3.63, 3.8) is 0 Å². The molecule has 0 bridgehead atoms. The topological polar surface area (TPSA) is 83.5 Å². The molecule has 3 N–H and O–H groups in total. The van der Waals surface area contributed by atoms with E-state index >= 15 is 0 Å². The Morgan fingerprint density at radius 1 is 0.878 bits per heavy atom. The predicted octanol–water partition coefficient (Wildman–Crippen LogP) is 3.93. The normalized spacial score (nSPS) is 30.1. The molecule has 6 aliphatic rings. The summed E-state index contributed by atoms with van der Waals surface area (Å²) in [5.41, 5.74) is 6.29. The fourth-order valence-corrected chi connectivity index (χ4v) is 9.75. The van der Waals surface area contributed by atoms with Crippen LogP contribution < -0.4 is 5.32 Å². The highest BCUT2D eigenvalue weighted by atomic mass is 16.3. The number of hydrogen-bond donors (Lipinski definition) is 3. The molecule has 1 aromatic carbocycles. The van der Waals surface area contributed by atoms with Crippen molar-refractivity contribution in [1.29, 1.82) is 0 Å². The molecule has 0 amide bonds. The quantitative estimate of drug-likeness (QED) is 0.452. The van der Waals surface area contributed by atoms with E-state index in [0.29, 0.717) is 22.9 Å². The van der Waals surface area contributed by atoms with Crippen molar-refractivity contribution in [2.24, 2.45) is 10.8 Å². The first-order valence-electron chi connectivity index (χ1n) is 16.1. The smallest absolute Gasteiger partial charge is 0.160 e. The Balaban J connectivity index is 0.824. The maximum Gasteiger partial charge on any atom is 0.160 e. The van der Waals surface area contributed by atoms with Gasteiger partial charge in [-0.05, 0) is 93.1 Å². The standard InChI is InChI=1S/C33H43N7O/c1-21-30-26-12-28(25-4-2-3-5-29(25)41)36-37-31(26)35-27(30)8-11-40(21)24-15-33(16-24)19-39(20-33)22-6-9-38(10-7-22)23-13-32(14-23)17-34-18-32/h2-5,12,21-24,34,41H,6-11,13-20H2,1H3,(H,35,37)/t21-/m1/s1. The average Bonchev–Trinajstić information content (AvgIpc) is 3.26. The molecule has 3 saturated heterocycles. The first-order valence-corrected chi connectivity index (χ1v) is 16.1. The Hall–Kier alpha value is -2.52. The van der Waals surface area contributed by atoms with Crippen LogP contribution in [-0.4, -0.2) is 98.9 Å². The molecule has 41 heavy (non-hydrogen) atoms. The number of aromatic hydroxyl groups is 1. The van der Waals surface area contributed by atoms with E-state index in [2.05, 4.69) is 48.2 Å². The van der Waals surface area contributed by atoms with Crippen LogP contribution in [0.15, 0.2) is 30.3 Å². The minimum Gasteiger partial charge on any atom is -0.507 e. The molecule has 9 rings (SSSR count). The van der Waals surface area contributed by atoms with Gasteiger partial charge in [0.05, 0.1) is 5.69 Å². The zero-order valence-electron chi connectivity index (χ0n) is 24.3. The van der Waals surface area contributed by atoms with E-state index in [9.17, 15) is 5.11 Å². The molecule has 3 aromatic rings. The third kappa shape index (κ3) is 3.87. The number of fused-ring (bicyclic) bond motifs is 3. The first-order chi connectivity index (χ1) is 20.0. The molecule has 0 unspecified atom stereocenters. The summed E-state index contributed by atoms with van der Waals surface area (Å²) in [6.45, 7) is 11.3. The van der Waals surface area contributed by atoms with Gasteiger partial charge in [0.1, 0.15) is 5.75 Å². The Bertz CT molecular complexity index is 1470. The molecule has 2 aromatic heterocycles. The van der Waals surface area contributed by atoms with Crippen LogP contribution in [0, 0.1) is 10.8 Å². The molecule has 0 radical (unpaired) electrons. The van der Waals surface area contributed by atoms with Gasteiger partial charge in [0.15, 0.2) is 5.65 Å². The third-order valence-electron chi connectivity index (χ3n) is 12.1. The molecular weight excluding hydrogens is 510 g/mol. The number of rotatable bonds is 4. The summed E-state index contributed by atoms with van der Waals surface area (Å²) < 4.78 is 0. The molecule has 8 heteroatoms. The van der Waals surface area contributed by atoms with Crippen molar-refractivity contribution in [2.75, 3.05) is 45.8 Å². The third-order valence-corrected chi connectivity index (χ3v) is 12.1. The van der Waals surface area contributed by atoms with Crippen molar-refractivity contribution in [1.82, 2.24) is 35.2 Å². The Morgan fingerprint density at radius 3 is 2.37 bits per heavy atom. The van der Waals surface area contributed by atoms with Gasteiger partial charge in [-0.25, -0.2) is 0 Å². The van der Waals surface area contributed by atoms with Gasteiger partial charge in [-0.3, -0.25) is 9.80 Å². The zero-order chi connectivity index (χ0) is 27.3. The lowest BCUT2D eigenvalue weighted by Crippen LogP contribution is -2.70. The molecule has 216 valence electrons. The van der Waals surface area contributed by atoms with Crippen LogP contribution in [0.4, 0.5) is 0 Å². The maximum atomic E-state index is 10.4. The largest absolute Gasteiger partial charge is 0.507 e. The number of aromatic amines is 1. The molecule has 2 aliphatic carbocycles. The van der Waals surface area contributed by atoms with Crippen molar-refractivity contribution >= 4 is 11.0 Å². The van der Waals surface area contributed by atoms with Crippen LogP contribution in [0.2, 0.25) is 0 Å². The summed E-state index contributed by atoms with van der Waals surface area (Å²) in [7, 11) is 0. The van der Waals surface area contributed by atoms with Gasteiger partial charge >= 0.3 is 0 Å². The number of H-pyrrole nitrogens is 1. The summed E-state index contributed by atoms with van der Waals surface area (Å²) in [5, 5.41) is 24.0. The van der Waals surface area contributed by atoms with Crippen LogP contribution in [0.5, 0.6) is 5.75 Å². The fraction of sp³-hybridized carbons (Fsp3) is 0.636. The molecule has 8 nitrogen and oxygen atoms in total. The number of phenolic OH excluding ortho intramolecular Hbond substituents is 1. The fourth-order valence-electron chi connectivity index (χ4n) is 9.75. The van der Waals surface area contributed by atoms with Gasteiger partial charge in [-0.2, -0.15) is 0 Å². The van der Waals surface area contributed by atoms with Crippen LogP contribution in [0.25, 0.3) is 22.3 Å². The van der Waals surface area contributed by atoms with Crippen molar-refractivity contribution in [3.05, 3.63) is 41.6 Å². The summed E-state index contributed by atoms with van der Waals surface area (Å²) in [4.78, 5) is 12.0. The number of aromatic nitrogens is 3. The van der Waals surface area contributed by atoms with E-state index in [-0.39, 0.29) is 5.75 Å². The zero-order valence-corrected chi connectivity index (χ0v) is 24.3. The highest BCUT2D eigenvalue weighted by molar-refractivity contribution is 5.86. The summed E-state index contributed by atoms with van der Waals surface area (Å²) in [6.07, 6.45) is 9.38. The molecule has 1 atom stereocenters. The minimum absolute atomic E-state index is 0.248. The average molecular weight is 554 g/mol. The lowest BCUT2D eigenvalue weighted by atomic mass is 9.59. The number of hydrogen-bond acceptors (Lipinski definition) is 7. The lowest BCUT2D eigenvalue weighted by Gasteiger charge is -2.64. The molecule has 4 aliphatic heterocycles. The van der Waals surface area contributed by atoms with Crippen molar-refractivity contribution in [2.45, 2.75) is 76.0 Å². The predicted molar refractivity (Wildman–Crippen MR) is 160 cm³/mol. The molecule has 5 fully saturated rings. The molecule has 2 saturated carbocycles. The highest BCUT2D eigenvalue weighted by Crippen LogP contribution is 2.54. The Kier molecular flexibility index (Phi) is 5.49. The van der Waals surface area contributed by atoms with Gasteiger partial charge < -0.3 is 20.3 Å². The van der Waals surface area contributed by atoms with Crippen LogP contribution in [0.3, 0.4) is 0 Å². The first kappa shape index (κ1) is 25.0. The number of phenols is 1.